The Hall–Kier alpha value is -0.540. The molecule has 2 rings (SSSR count). The summed E-state index contributed by atoms with van der Waals surface area (Å²) in [6.45, 7) is 2.93. The molecule has 1 unspecified atom stereocenters. The summed E-state index contributed by atoms with van der Waals surface area (Å²) in [4.78, 5) is 2.31. The molecule has 1 fully saturated rings. The zero-order chi connectivity index (χ0) is 13.8. The van der Waals surface area contributed by atoms with Crippen molar-refractivity contribution in [1.29, 1.82) is 0 Å². The van der Waals surface area contributed by atoms with Crippen LogP contribution in [0, 0.1) is 5.92 Å². The van der Waals surface area contributed by atoms with Crippen LogP contribution in [0.25, 0.3) is 0 Å². The van der Waals surface area contributed by atoms with E-state index in [1.807, 2.05) is 13.0 Å². The maximum absolute atomic E-state index is 9.94. The smallest absolute Gasteiger partial charge is 0.0782 e. The van der Waals surface area contributed by atoms with Crippen LogP contribution >= 0.6 is 15.9 Å². The molecule has 0 aromatic heterocycles. The van der Waals surface area contributed by atoms with Gasteiger partial charge >= 0.3 is 0 Å². The van der Waals surface area contributed by atoms with E-state index in [4.69, 9.17) is 0 Å². The maximum atomic E-state index is 9.94. The minimum Gasteiger partial charge on any atom is -0.389 e. The SMILES string of the molecule is CC(O)c1cc(Br)ccc1N(C)CC1CCCCC1. The first-order chi connectivity index (χ1) is 9.08. The minimum atomic E-state index is -0.429. The monoisotopic (exact) mass is 325 g/mol. The van der Waals surface area contributed by atoms with Gasteiger partial charge in [-0.05, 0) is 43.9 Å². The van der Waals surface area contributed by atoms with Crippen molar-refractivity contribution in [3.05, 3.63) is 28.2 Å². The first kappa shape index (κ1) is 14.9. The van der Waals surface area contributed by atoms with Gasteiger partial charge in [-0.25, -0.2) is 0 Å². The highest BCUT2D eigenvalue weighted by atomic mass is 79.9. The zero-order valence-electron chi connectivity index (χ0n) is 11.9. The van der Waals surface area contributed by atoms with E-state index in [0.717, 1.165) is 28.2 Å². The van der Waals surface area contributed by atoms with Crippen LogP contribution in [-0.4, -0.2) is 18.7 Å². The van der Waals surface area contributed by atoms with E-state index >= 15 is 0 Å². The third-order valence-electron chi connectivity index (χ3n) is 4.11. The maximum Gasteiger partial charge on any atom is 0.0782 e. The molecule has 0 amide bonds. The number of benzene rings is 1. The lowest BCUT2D eigenvalue weighted by Gasteiger charge is -2.30. The highest BCUT2D eigenvalue weighted by Crippen LogP contribution is 2.31. The summed E-state index contributed by atoms with van der Waals surface area (Å²) >= 11 is 3.48. The molecule has 1 atom stereocenters. The highest BCUT2D eigenvalue weighted by molar-refractivity contribution is 9.10. The van der Waals surface area contributed by atoms with Gasteiger partial charge in [-0.3, -0.25) is 0 Å². The van der Waals surface area contributed by atoms with Crippen molar-refractivity contribution >= 4 is 21.6 Å². The fourth-order valence-electron chi connectivity index (χ4n) is 3.06. The molecule has 1 aliphatic carbocycles. The number of hydrogen-bond donors (Lipinski definition) is 1. The summed E-state index contributed by atoms with van der Waals surface area (Å²) in [5.41, 5.74) is 2.16. The number of halogens is 1. The molecule has 0 saturated heterocycles. The lowest BCUT2D eigenvalue weighted by atomic mass is 9.89. The van der Waals surface area contributed by atoms with Crippen molar-refractivity contribution in [3.63, 3.8) is 0 Å². The molecule has 1 aromatic carbocycles. The third-order valence-corrected chi connectivity index (χ3v) is 4.60. The van der Waals surface area contributed by atoms with Gasteiger partial charge in [0.15, 0.2) is 0 Å². The molecule has 0 bridgehead atoms. The first-order valence-corrected chi connectivity index (χ1v) is 8.06. The van der Waals surface area contributed by atoms with Gasteiger partial charge in [0.2, 0.25) is 0 Å². The van der Waals surface area contributed by atoms with Gasteiger partial charge in [0.25, 0.3) is 0 Å². The largest absolute Gasteiger partial charge is 0.389 e. The van der Waals surface area contributed by atoms with Crippen molar-refractivity contribution < 1.29 is 5.11 Å². The fraction of sp³-hybridized carbons (Fsp3) is 0.625. The lowest BCUT2D eigenvalue weighted by molar-refractivity contribution is 0.199. The molecule has 0 heterocycles. The normalized spacial score (nSPS) is 18.3. The van der Waals surface area contributed by atoms with Crippen molar-refractivity contribution in [2.45, 2.75) is 45.1 Å². The van der Waals surface area contributed by atoms with Crippen LogP contribution in [0.2, 0.25) is 0 Å². The Morgan fingerprint density at radius 1 is 1.32 bits per heavy atom. The number of aliphatic hydroxyl groups is 1. The molecule has 2 nitrogen and oxygen atoms in total. The summed E-state index contributed by atoms with van der Waals surface area (Å²) in [5, 5.41) is 9.94. The van der Waals surface area contributed by atoms with Gasteiger partial charge in [-0.15, -0.1) is 0 Å². The van der Waals surface area contributed by atoms with Crippen LogP contribution in [0.15, 0.2) is 22.7 Å². The minimum absolute atomic E-state index is 0.429. The summed E-state index contributed by atoms with van der Waals surface area (Å²) in [5.74, 6) is 0.809. The van der Waals surface area contributed by atoms with Crippen LogP contribution in [0.3, 0.4) is 0 Å². The third kappa shape index (κ3) is 3.96. The van der Waals surface area contributed by atoms with E-state index in [0.29, 0.717) is 0 Å². The molecule has 1 aromatic rings. The number of hydrogen-bond acceptors (Lipinski definition) is 2. The summed E-state index contributed by atoms with van der Waals surface area (Å²) < 4.78 is 1.03. The van der Waals surface area contributed by atoms with Crippen LogP contribution in [0.1, 0.15) is 50.7 Å². The van der Waals surface area contributed by atoms with E-state index in [1.54, 1.807) is 0 Å². The molecular formula is C16H24BrNO. The summed E-state index contributed by atoms with van der Waals surface area (Å²) in [6, 6.07) is 6.19. The molecule has 0 aliphatic heterocycles. The predicted molar refractivity (Wildman–Crippen MR) is 84.6 cm³/mol. The molecule has 3 heteroatoms. The van der Waals surface area contributed by atoms with Gasteiger partial charge in [0, 0.05) is 29.3 Å². The summed E-state index contributed by atoms with van der Waals surface area (Å²) in [6.07, 6.45) is 6.43. The van der Waals surface area contributed by atoms with Crippen molar-refractivity contribution in [2.24, 2.45) is 5.92 Å². The van der Waals surface area contributed by atoms with Gasteiger partial charge in [0.1, 0.15) is 0 Å². The van der Waals surface area contributed by atoms with Gasteiger partial charge < -0.3 is 10.0 Å². The lowest BCUT2D eigenvalue weighted by Crippen LogP contribution is -2.27. The van der Waals surface area contributed by atoms with E-state index < -0.39 is 6.10 Å². The van der Waals surface area contributed by atoms with E-state index in [1.165, 1.54) is 32.1 Å². The molecule has 0 radical (unpaired) electrons. The Morgan fingerprint density at radius 2 is 2.00 bits per heavy atom. The second-order valence-electron chi connectivity index (χ2n) is 5.76. The Kier molecular flexibility index (Phi) is 5.28. The van der Waals surface area contributed by atoms with E-state index in [2.05, 4.69) is 40.0 Å². The predicted octanol–water partition coefficient (Wildman–Crippen LogP) is 4.52. The molecule has 1 saturated carbocycles. The second kappa shape index (κ2) is 6.76. The standard InChI is InChI=1S/C16H24BrNO/c1-12(19)15-10-14(17)8-9-16(15)18(2)11-13-6-4-3-5-7-13/h8-10,12-13,19H,3-7,11H2,1-2H3. The Morgan fingerprint density at radius 3 is 2.63 bits per heavy atom. The van der Waals surface area contributed by atoms with Gasteiger partial charge in [-0.2, -0.15) is 0 Å². The number of anilines is 1. The number of rotatable bonds is 4. The second-order valence-corrected chi connectivity index (χ2v) is 6.68. The fourth-order valence-corrected chi connectivity index (χ4v) is 3.44. The molecule has 1 aliphatic rings. The Balaban J connectivity index is 2.11. The zero-order valence-corrected chi connectivity index (χ0v) is 13.5. The van der Waals surface area contributed by atoms with E-state index in [9.17, 15) is 5.11 Å². The van der Waals surface area contributed by atoms with Crippen LogP contribution in [0.5, 0.6) is 0 Å². The topological polar surface area (TPSA) is 23.5 Å². The van der Waals surface area contributed by atoms with E-state index in [-0.39, 0.29) is 0 Å². The molecule has 106 valence electrons. The Labute approximate surface area is 124 Å². The molecule has 0 spiro atoms. The average Bonchev–Trinajstić information content (AvgIpc) is 2.39. The molecule has 19 heavy (non-hydrogen) atoms. The van der Waals surface area contributed by atoms with Crippen LogP contribution in [0.4, 0.5) is 5.69 Å². The van der Waals surface area contributed by atoms with Crippen molar-refractivity contribution in [2.75, 3.05) is 18.5 Å². The quantitative estimate of drug-likeness (QED) is 0.879. The molecular weight excluding hydrogens is 302 g/mol. The number of nitrogens with zero attached hydrogens (tertiary/aromatic N) is 1. The van der Waals surface area contributed by atoms with Crippen LogP contribution in [-0.2, 0) is 0 Å². The van der Waals surface area contributed by atoms with Gasteiger partial charge in [-0.1, -0.05) is 35.2 Å². The molecule has 1 N–H and O–H groups in total. The summed E-state index contributed by atoms with van der Waals surface area (Å²) in [7, 11) is 2.14. The average molecular weight is 326 g/mol. The first-order valence-electron chi connectivity index (χ1n) is 7.26. The van der Waals surface area contributed by atoms with Crippen LogP contribution < -0.4 is 4.90 Å². The van der Waals surface area contributed by atoms with Crippen molar-refractivity contribution in [1.82, 2.24) is 0 Å². The highest BCUT2D eigenvalue weighted by Gasteiger charge is 2.18. The van der Waals surface area contributed by atoms with Crippen molar-refractivity contribution in [3.8, 4) is 0 Å². The van der Waals surface area contributed by atoms with Gasteiger partial charge in [0.05, 0.1) is 6.10 Å². The number of aliphatic hydroxyl groups excluding tert-OH is 1. The Bertz CT molecular complexity index is 413.